The van der Waals surface area contributed by atoms with Crippen molar-refractivity contribution in [1.82, 2.24) is 9.78 Å². The molecule has 0 unspecified atom stereocenters. The highest BCUT2D eigenvalue weighted by Crippen LogP contribution is 2.25. The third kappa shape index (κ3) is 2.20. The fourth-order valence-electron chi connectivity index (χ4n) is 1.84. The molecule has 5 heteroatoms. The van der Waals surface area contributed by atoms with Gasteiger partial charge in [0, 0.05) is 6.04 Å². The lowest BCUT2D eigenvalue weighted by Gasteiger charge is -2.10. The Labute approximate surface area is 114 Å². The highest BCUT2D eigenvalue weighted by molar-refractivity contribution is 9.10. The number of benzene rings is 1. The lowest BCUT2D eigenvalue weighted by atomic mass is 10.1. The van der Waals surface area contributed by atoms with Crippen molar-refractivity contribution >= 4 is 15.9 Å². The van der Waals surface area contributed by atoms with E-state index < -0.39 is 0 Å². The predicted molar refractivity (Wildman–Crippen MR) is 73.3 cm³/mol. The smallest absolute Gasteiger partial charge is 0.149 e. The molecule has 2 rings (SSSR count). The first-order valence-corrected chi connectivity index (χ1v) is 6.48. The molecule has 0 bridgehead atoms. The van der Waals surface area contributed by atoms with Gasteiger partial charge in [-0.3, -0.25) is 0 Å². The van der Waals surface area contributed by atoms with Crippen molar-refractivity contribution in [2.75, 3.05) is 0 Å². The molecule has 1 atom stereocenters. The van der Waals surface area contributed by atoms with Gasteiger partial charge in [0.15, 0.2) is 0 Å². The monoisotopic (exact) mass is 311 g/mol. The zero-order valence-electron chi connectivity index (χ0n) is 10.5. The van der Waals surface area contributed by atoms with Gasteiger partial charge in [-0.1, -0.05) is 6.07 Å². The minimum Gasteiger partial charge on any atom is -0.324 e. The first kappa shape index (κ1) is 13.2. The minimum atomic E-state index is -0.317. The molecule has 0 saturated carbocycles. The molecule has 0 spiro atoms. The summed E-state index contributed by atoms with van der Waals surface area (Å²) < 4.78 is 16.6. The molecule has 0 radical (unpaired) electrons. The molecule has 1 aromatic heterocycles. The highest BCUT2D eigenvalue weighted by Gasteiger charge is 2.14. The van der Waals surface area contributed by atoms with Crippen molar-refractivity contribution in [2.45, 2.75) is 26.8 Å². The van der Waals surface area contributed by atoms with Crippen molar-refractivity contribution in [3.8, 4) is 5.69 Å². The molecular formula is C13H15BrFN3. The lowest BCUT2D eigenvalue weighted by Crippen LogP contribution is -2.08. The molecule has 0 aliphatic rings. The summed E-state index contributed by atoms with van der Waals surface area (Å²) in [6.45, 7) is 5.60. The molecule has 0 aliphatic carbocycles. The van der Waals surface area contributed by atoms with E-state index in [1.807, 2.05) is 26.8 Å². The van der Waals surface area contributed by atoms with Crippen molar-refractivity contribution in [2.24, 2.45) is 5.73 Å². The fraction of sp³-hybridized carbons (Fsp3) is 0.308. The Morgan fingerprint density at radius 2 is 2.06 bits per heavy atom. The largest absolute Gasteiger partial charge is 0.324 e. The van der Waals surface area contributed by atoms with Crippen LogP contribution in [0.15, 0.2) is 22.7 Å². The zero-order chi connectivity index (χ0) is 13.4. The normalized spacial score (nSPS) is 12.8. The summed E-state index contributed by atoms with van der Waals surface area (Å²) >= 11 is 3.43. The van der Waals surface area contributed by atoms with E-state index in [2.05, 4.69) is 21.0 Å². The Hall–Kier alpha value is -1.20. The number of nitrogens with two attached hydrogens (primary N) is 1. The van der Waals surface area contributed by atoms with Gasteiger partial charge < -0.3 is 5.73 Å². The Balaban J connectivity index is 2.54. The van der Waals surface area contributed by atoms with Gasteiger partial charge >= 0.3 is 0 Å². The molecule has 96 valence electrons. The molecule has 0 saturated heterocycles. The second kappa shape index (κ2) is 4.82. The van der Waals surface area contributed by atoms with Crippen molar-refractivity contribution in [1.29, 1.82) is 0 Å². The number of halogens is 2. The zero-order valence-corrected chi connectivity index (χ0v) is 12.1. The second-order valence-corrected chi connectivity index (χ2v) is 5.19. The molecule has 2 N–H and O–H groups in total. The number of rotatable bonds is 2. The van der Waals surface area contributed by atoms with Crippen LogP contribution in [0.4, 0.5) is 4.39 Å². The van der Waals surface area contributed by atoms with E-state index in [1.54, 1.807) is 10.7 Å². The summed E-state index contributed by atoms with van der Waals surface area (Å²) in [5.74, 6) is -0.317. The van der Waals surface area contributed by atoms with Crippen LogP contribution in [-0.4, -0.2) is 9.78 Å². The minimum absolute atomic E-state index is 0.180. The van der Waals surface area contributed by atoms with E-state index in [4.69, 9.17) is 5.73 Å². The van der Waals surface area contributed by atoms with Crippen LogP contribution in [0.3, 0.4) is 0 Å². The molecule has 0 aliphatic heterocycles. The summed E-state index contributed by atoms with van der Waals surface area (Å²) in [6, 6.07) is 4.82. The molecule has 2 aromatic rings. The third-order valence-corrected chi connectivity index (χ3v) is 4.08. The summed E-state index contributed by atoms with van der Waals surface area (Å²) in [7, 11) is 0. The quantitative estimate of drug-likeness (QED) is 0.923. The summed E-state index contributed by atoms with van der Waals surface area (Å²) in [6.07, 6.45) is 0. The van der Waals surface area contributed by atoms with E-state index in [1.165, 1.54) is 6.07 Å². The van der Waals surface area contributed by atoms with Gasteiger partial charge in [0.2, 0.25) is 0 Å². The van der Waals surface area contributed by atoms with Crippen molar-refractivity contribution < 1.29 is 4.39 Å². The van der Waals surface area contributed by atoms with Crippen LogP contribution in [0.5, 0.6) is 0 Å². The van der Waals surface area contributed by atoms with Gasteiger partial charge in [-0.15, -0.1) is 0 Å². The van der Waals surface area contributed by atoms with Crippen LogP contribution in [0.2, 0.25) is 0 Å². The molecule has 1 heterocycles. The van der Waals surface area contributed by atoms with Crippen LogP contribution in [-0.2, 0) is 0 Å². The number of aryl methyl sites for hydroxylation is 1. The maximum Gasteiger partial charge on any atom is 0.149 e. The van der Waals surface area contributed by atoms with Crippen LogP contribution in [0.1, 0.15) is 29.9 Å². The van der Waals surface area contributed by atoms with Gasteiger partial charge in [-0.2, -0.15) is 5.10 Å². The molecule has 3 nitrogen and oxygen atoms in total. The molecule has 1 aromatic carbocycles. The molecular weight excluding hydrogens is 297 g/mol. The fourth-order valence-corrected chi connectivity index (χ4v) is 2.08. The lowest BCUT2D eigenvalue weighted by molar-refractivity contribution is 0.603. The predicted octanol–water partition coefficient (Wildman–Crippen LogP) is 3.41. The summed E-state index contributed by atoms with van der Waals surface area (Å²) in [5, 5.41) is 4.31. The van der Waals surface area contributed by atoms with E-state index in [0.717, 1.165) is 21.4 Å². The van der Waals surface area contributed by atoms with Gasteiger partial charge in [-0.25, -0.2) is 9.07 Å². The number of hydrogen-bond donors (Lipinski definition) is 1. The highest BCUT2D eigenvalue weighted by atomic mass is 79.9. The maximum absolute atomic E-state index is 14.1. The van der Waals surface area contributed by atoms with Crippen molar-refractivity contribution in [3.05, 3.63) is 45.4 Å². The van der Waals surface area contributed by atoms with Crippen LogP contribution < -0.4 is 5.73 Å². The van der Waals surface area contributed by atoms with Crippen LogP contribution in [0.25, 0.3) is 5.69 Å². The Kier molecular flexibility index (Phi) is 3.54. The van der Waals surface area contributed by atoms with E-state index >= 15 is 0 Å². The molecule has 0 fully saturated rings. The molecule has 18 heavy (non-hydrogen) atoms. The number of aromatic nitrogens is 2. The third-order valence-electron chi connectivity index (χ3n) is 2.93. The number of hydrogen-bond acceptors (Lipinski definition) is 2. The molecule has 0 amide bonds. The Bertz CT molecular complexity index is 590. The van der Waals surface area contributed by atoms with E-state index in [0.29, 0.717) is 5.69 Å². The van der Waals surface area contributed by atoms with Gasteiger partial charge in [-0.05, 0) is 54.4 Å². The van der Waals surface area contributed by atoms with Gasteiger partial charge in [0.05, 0.1) is 15.9 Å². The van der Waals surface area contributed by atoms with Crippen molar-refractivity contribution in [3.63, 3.8) is 0 Å². The van der Waals surface area contributed by atoms with E-state index in [9.17, 15) is 4.39 Å². The van der Waals surface area contributed by atoms with E-state index in [-0.39, 0.29) is 11.9 Å². The Morgan fingerprint density at radius 3 is 2.50 bits per heavy atom. The average Bonchev–Trinajstić information content (AvgIpc) is 2.57. The first-order valence-electron chi connectivity index (χ1n) is 5.69. The maximum atomic E-state index is 14.1. The first-order chi connectivity index (χ1) is 8.41. The van der Waals surface area contributed by atoms with Crippen LogP contribution in [0, 0.1) is 19.7 Å². The Morgan fingerprint density at radius 1 is 1.39 bits per heavy atom. The summed E-state index contributed by atoms with van der Waals surface area (Å²) in [4.78, 5) is 0. The van der Waals surface area contributed by atoms with Gasteiger partial charge in [0.1, 0.15) is 11.5 Å². The SMILES string of the molecule is Cc1nn(-c2ccc([C@H](C)N)cc2F)c(C)c1Br. The second-order valence-electron chi connectivity index (χ2n) is 4.40. The van der Waals surface area contributed by atoms with Crippen LogP contribution >= 0.6 is 15.9 Å². The summed E-state index contributed by atoms with van der Waals surface area (Å²) in [5.41, 5.74) is 8.65. The average molecular weight is 312 g/mol. The number of nitrogens with zero attached hydrogens (tertiary/aromatic N) is 2. The standard InChI is InChI=1S/C13H15BrFN3/c1-7(16)10-4-5-12(11(15)6-10)18-9(3)13(14)8(2)17-18/h4-7H,16H2,1-3H3/t7-/m0/s1. The topological polar surface area (TPSA) is 43.8 Å². The van der Waals surface area contributed by atoms with Gasteiger partial charge in [0.25, 0.3) is 0 Å².